The molecule has 0 saturated carbocycles. The molecule has 3 N–H and O–H groups in total. The molecule has 1 aromatic carbocycles. The molecule has 6 heteroatoms. The molecule has 0 radical (unpaired) electrons. The van der Waals surface area contributed by atoms with Gasteiger partial charge in [-0.3, -0.25) is 4.79 Å². The third kappa shape index (κ3) is 4.27. The maximum absolute atomic E-state index is 12.1. The molecule has 2 rings (SSSR count). The summed E-state index contributed by atoms with van der Waals surface area (Å²) in [6, 6.07) is 8.01. The third-order valence-electron chi connectivity index (χ3n) is 3.07. The summed E-state index contributed by atoms with van der Waals surface area (Å²) in [6.45, 7) is 6.20. The van der Waals surface area contributed by atoms with Crippen molar-refractivity contribution in [2.24, 2.45) is 5.73 Å². The summed E-state index contributed by atoms with van der Waals surface area (Å²) < 4.78 is 0. The summed E-state index contributed by atoms with van der Waals surface area (Å²) >= 11 is 1.48. The Morgan fingerprint density at radius 1 is 1.38 bits per heavy atom. The van der Waals surface area contributed by atoms with Gasteiger partial charge in [-0.15, -0.1) is 23.7 Å². The van der Waals surface area contributed by atoms with Crippen LogP contribution in [0.1, 0.15) is 29.9 Å². The molecule has 1 heterocycles. The van der Waals surface area contributed by atoms with Crippen LogP contribution >= 0.6 is 23.7 Å². The highest BCUT2D eigenvalue weighted by molar-refractivity contribution is 7.13. The second-order valence-corrected chi connectivity index (χ2v) is 6.25. The minimum atomic E-state index is -0.427. The number of thiazole rings is 1. The number of carbonyl (C=O) groups excluding carboxylic acids is 1. The van der Waals surface area contributed by atoms with Crippen molar-refractivity contribution in [1.82, 2.24) is 10.3 Å². The van der Waals surface area contributed by atoms with Gasteiger partial charge in [0.1, 0.15) is 10.7 Å². The van der Waals surface area contributed by atoms with E-state index in [4.69, 9.17) is 5.73 Å². The van der Waals surface area contributed by atoms with Crippen LogP contribution in [0.25, 0.3) is 10.6 Å². The Labute approximate surface area is 135 Å². The van der Waals surface area contributed by atoms with Gasteiger partial charge in [0, 0.05) is 23.0 Å². The molecule has 2 aromatic rings. The first kappa shape index (κ1) is 17.6. The highest BCUT2D eigenvalue weighted by Gasteiger charge is 2.21. The number of carbonyl (C=O) groups is 1. The van der Waals surface area contributed by atoms with Crippen LogP contribution in [0.3, 0.4) is 0 Å². The number of hydrogen-bond donors (Lipinski definition) is 2. The van der Waals surface area contributed by atoms with Crippen LogP contribution in [-0.4, -0.2) is 23.0 Å². The summed E-state index contributed by atoms with van der Waals surface area (Å²) in [5, 5.41) is 5.52. The Hall–Kier alpha value is -1.43. The smallest absolute Gasteiger partial charge is 0.271 e. The van der Waals surface area contributed by atoms with Crippen LogP contribution in [0.15, 0.2) is 29.6 Å². The fourth-order valence-electron chi connectivity index (χ4n) is 1.74. The van der Waals surface area contributed by atoms with Crippen molar-refractivity contribution in [3.05, 3.63) is 40.9 Å². The van der Waals surface area contributed by atoms with Gasteiger partial charge in [0.25, 0.3) is 5.91 Å². The van der Waals surface area contributed by atoms with Gasteiger partial charge in [-0.2, -0.15) is 0 Å². The quantitative estimate of drug-likeness (QED) is 0.908. The van der Waals surface area contributed by atoms with Gasteiger partial charge in [0.2, 0.25) is 0 Å². The molecule has 0 spiro atoms. The molecular formula is C15H20ClN3OS. The maximum Gasteiger partial charge on any atom is 0.271 e. The molecule has 1 aromatic heterocycles. The van der Waals surface area contributed by atoms with E-state index in [-0.39, 0.29) is 18.3 Å². The monoisotopic (exact) mass is 325 g/mol. The molecule has 4 nitrogen and oxygen atoms in total. The molecule has 1 amide bonds. The van der Waals surface area contributed by atoms with Crippen molar-refractivity contribution in [2.75, 3.05) is 6.54 Å². The van der Waals surface area contributed by atoms with E-state index in [1.54, 1.807) is 5.38 Å². The third-order valence-corrected chi connectivity index (χ3v) is 3.95. The van der Waals surface area contributed by atoms with Crippen LogP contribution in [0.5, 0.6) is 0 Å². The summed E-state index contributed by atoms with van der Waals surface area (Å²) in [4.78, 5) is 16.6. The van der Waals surface area contributed by atoms with Crippen molar-refractivity contribution < 1.29 is 4.79 Å². The summed E-state index contributed by atoms with van der Waals surface area (Å²) in [7, 11) is 0. The van der Waals surface area contributed by atoms with Gasteiger partial charge in [-0.25, -0.2) is 4.98 Å². The number of amides is 1. The predicted octanol–water partition coefficient (Wildman–Crippen LogP) is 3.01. The minimum Gasteiger partial charge on any atom is -0.345 e. The number of nitrogens with two attached hydrogens (primary N) is 1. The maximum atomic E-state index is 12.1. The first-order valence-electron chi connectivity index (χ1n) is 6.47. The van der Waals surface area contributed by atoms with E-state index in [0.717, 1.165) is 16.1 Å². The molecular weight excluding hydrogens is 306 g/mol. The lowest BCUT2D eigenvalue weighted by atomic mass is 10.1. The van der Waals surface area contributed by atoms with Gasteiger partial charge in [0.15, 0.2) is 0 Å². The number of aryl methyl sites for hydroxylation is 1. The molecule has 21 heavy (non-hydrogen) atoms. The number of hydrogen-bond acceptors (Lipinski definition) is 4. The highest BCUT2D eigenvalue weighted by atomic mass is 35.5. The van der Waals surface area contributed by atoms with Gasteiger partial charge in [-0.1, -0.05) is 24.3 Å². The summed E-state index contributed by atoms with van der Waals surface area (Å²) in [5.41, 5.74) is 7.84. The van der Waals surface area contributed by atoms with Crippen molar-refractivity contribution >= 4 is 29.7 Å². The van der Waals surface area contributed by atoms with Crippen molar-refractivity contribution in [2.45, 2.75) is 26.3 Å². The fourth-order valence-corrected chi connectivity index (χ4v) is 2.63. The zero-order valence-corrected chi connectivity index (χ0v) is 14.0. The number of halogens is 1. The number of benzene rings is 1. The number of nitrogens with one attached hydrogen (secondary N) is 1. The lowest BCUT2D eigenvalue weighted by Gasteiger charge is -2.23. The molecule has 0 atom stereocenters. The second kappa shape index (κ2) is 7.02. The van der Waals surface area contributed by atoms with Crippen LogP contribution in [0, 0.1) is 6.92 Å². The second-order valence-electron chi connectivity index (χ2n) is 5.39. The minimum absolute atomic E-state index is 0. The topological polar surface area (TPSA) is 68.0 Å². The van der Waals surface area contributed by atoms with E-state index in [9.17, 15) is 4.79 Å². The Kier molecular flexibility index (Phi) is 5.89. The van der Waals surface area contributed by atoms with Crippen molar-refractivity contribution in [3.8, 4) is 10.6 Å². The average molecular weight is 326 g/mol. The van der Waals surface area contributed by atoms with E-state index in [0.29, 0.717) is 12.2 Å². The van der Waals surface area contributed by atoms with Crippen LogP contribution < -0.4 is 11.1 Å². The molecule has 0 bridgehead atoms. The summed E-state index contributed by atoms with van der Waals surface area (Å²) in [6.07, 6.45) is 0. The lowest BCUT2D eigenvalue weighted by Crippen LogP contribution is -2.48. The standard InChI is InChI=1S/C15H19N3OS.ClH/c1-10-6-4-5-7-11(10)14-17-12(8-20-14)13(19)18-15(2,3)9-16;/h4-8H,9,16H2,1-3H3,(H,18,19);1H. The first-order valence-corrected chi connectivity index (χ1v) is 7.35. The molecule has 0 saturated heterocycles. The average Bonchev–Trinajstić information content (AvgIpc) is 2.88. The van der Waals surface area contributed by atoms with E-state index >= 15 is 0 Å². The first-order chi connectivity index (χ1) is 9.43. The Morgan fingerprint density at radius 2 is 2.05 bits per heavy atom. The van der Waals surface area contributed by atoms with Gasteiger partial charge in [0.05, 0.1) is 0 Å². The van der Waals surface area contributed by atoms with E-state index in [2.05, 4.69) is 10.3 Å². The molecule has 0 aliphatic carbocycles. The molecule has 0 aliphatic rings. The number of nitrogens with zero attached hydrogens (tertiary/aromatic N) is 1. The van der Waals surface area contributed by atoms with Crippen molar-refractivity contribution in [3.63, 3.8) is 0 Å². The Balaban J connectivity index is 0.00000220. The van der Waals surface area contributed by atoms with E-state index < -0.39 is 5.54 Å². The number of aromatic nitrogens is 1. The van der Waals surface area contributed by atoms with E-state index in [1.807, 2.05) is 45.0 Å². The summed E-state index contributed by atoms with van der Waals surface area (Å²) in [5.74, 6) is -0.184. The van der Waals surface area contributed by atoms with Crippen LogP contribution in [0.2, 0.25) is 0 Å². The van der Waals surface area contributed by atoms with Gasteiger partial charge < -0.3 is 11.1 Å². The molecule has 0 fully saturated rings. The van der Waals surface area contributed by atoms with Gasteiger partial charge >= 0.3 is 0 Å². The lowest BCUT2D eigenvalue weighted by molar-refractivity contribution is 0.0911. The van der Waals surface area contributed by atoms with Crippen molar-refractivity contribution in [1.29, 1.82) is 0 Å². The van der Waals surface area contributed by atoms with Crippen LogP contribution in [0.4, 0.5) is 0 Å². The molecule has 114 valence electrons. The van der Waals surface area contributed by atoms with Crippen LogP contribution in [-0.2, 0) is 0 Å². The highest BCUT2D eigenvalue weighted by Crippen LogP contribution is 2.26. The zero-order valence-electron chi connectivity index (χ0n) is 12.3. The van der Waals surface area contributed by atoms with Gasteiger partial charge in [-0.05, 0) is 26.3 Å². The molecule has 0 aliphatic heterocycles. The molecule has 0 unspecified atom stereocenters. The predicted molar refractivity (Wildman–Crippen MR) is 90.1 cm³/mol. The SMILES string of the molecule is Cc1ccccc1-c1nc(C(=O)NC(C)(C)CN)cs1.Cl. The zero-order chi connectivity index (χ0) is 14.8. The largest absolute Gasteiger partial charge is 0.345 e. The normalized spacial score (nSPS) is 10.9. The Bertz CT molecular complexity index is 625. The van der Waals surface area contributed by atoms with E-state index in [1.165, 1.54) is 11.3 Å². The number of rotatable bonds is 4. The Morgan fingerprint density at radius 3 is 2.67 bits per heavy atom. The fraction of sp³-hybridized carbons (Fsp3) is 0.333.